The zero-order valence-electron chi connectivity index (χ0n) is 11.3. The Morgan fingerprint density at radius 3 is 3.10 bits per heavy atom. The Labute approximate surface area is 126 Å². The predicted molar refractivity (Wildman–Crippen MR) is 84.4 cm³/mol. The first-order valence-corrected chi connectivity index (χ1v) is 7.73. The molecule has 1 aliphatic rings. The van der Waals surface area contributed by atoms with Crippen molar-refractivity contribution in [2.45, 2.75) is 6.54 Å². The molecule has 0 atom stereocenters. The first kappa shape index (κ1) is 12.5. The van der Waals surface area contributed by atoms with E-state index in [4.69, 9.17) is 9.47 Å². The average Bonchev–Trinajstić information content (AvgIpc) is 3.00. The number of nitrogens with zero attached hydrogens (tertiary/aromatic N) is 1. The number of aromatic nitrogens is 1. The zero-order valence-corrected chi connectivity index (χ0v) is 12.2. The van der Waals surface area contributed by atoms with Crippen LogP contribution in [0.3, 0.4) is 0 Å². The molecule has 1 aromatic heterocycles. The maximum absolute atomic E-state index is 5.73. The normalized spacial score (nSPS) is 13.3. The summed E-state index contributed by atoms with van der Waals surface area (Å²) >= 11 is 1.65. The monoisotopic (exact) mass is 298 g/mol. The summed E-state index contributed by atoms with van der Waals surface area (Å²) in [6.45, 7) is 1.93. The number of benzene rings is 2. The molecule has 4 rings (SSSR count). The molecule has 5 heteroatoms. The van der Waals surface area contributed by atoms with Crippen LogP contribution in [0.15, 0.2) is 41.9 Å². The largest absolute Gasteiger partial charge is 0.486 e. The van der Waals surface area contributed by atoms with E-state index in [9.17, 15) is 0 Å². The Morgan fingerprint density at radius 1 is 1.14 bits per heavy atom. The number of ether oxygens (including phenoxy) is 2. The highest BCUT2D eigenvalue weighted by atomic mass is 32.1. The van der Waals surface area contributed by atoms with Crippen LogP contribution in [0, 0.1) is 0 Å². The van der Waals surface area contributed by atoms with E-state index >= 15 is 0 Å². The van der Waals surface area contributed by atoms with Gasteiger partial charge in [0, 0.05) is 17.8 Å². The maximum atomic E-state index is 5.73. The Balaban J connectivity index is 1.56. The quantitative estimate of drug-likeness (QED) is 0.801. The van der Waals surface area contributed by atoms with Gasteiger partial charge >= 0.3 is 0 Å². The highest BCUT2D eigenvalue weighted by Crippen LogP contribution is 2.34. The first-order valence-electron chi connectivity index (χ1n) is 6.85. The van der Waals surface area contributed by atoms with Gasteiger partial charge in [0.05, 0.1) is 15.7 Å². The average molecular weight is 298 g/mol. The number of hydrogen-bond donors (Lipinski definition) is 1. The van der Waals surface area contributed by atoms with Crippen molar-refractivity contribution < 1.29 is 9.47 Å². The summed E-state index contributed by atoms with van der Waals surface area (Å²) < 4.78 is 12.5. The fourth-order valence-corrected chi connectivity index (χ4v) is 3.15. The van der Waals surface area contributed by atoms with Gasteiger partial charge in [0.2, 0.25) is 0 Å². The number of nitrogens with one attached hydrogen (secondary N) is 1. The Bertz CT molecular complexity index is 785. The molecule has 0 amide bonds. The summed E-state index contributed by atoms with van der Waals surface area (Å²) in [4.78, 5) is 4.29. The molecule has 1 N–H and O–H groups in total. The highest BCUT2D eigenvalue weighted by Gasteiger charge is 2.15. The van der Waals surface area contributed by atoms with Crippen LogP contribution in [-0.4, -0.2) is 18.2 Å². The topological polar surface area (TPSA) is 43.4 Å². The van der Waals surface area contributed by atoms with E-state index in [0.29, 0.717) is 19.8 Å². The number of para-hydroxylation sites is 1. The molecule has 0 aliphatic carbocycles. The number of thiazole rings is 1. The van der Waals surface area contributed by atoms with E-state index in [0.717, 1.165) is 28.3 Å². The van der Waals surface area contributed by atoms with Crippen LogP contribution in [0.5, 0.6) is 11.5 Å². The standard InChI is InChI=1S/C16H14N2O2S/c1-2-11(16-14(3-1)19-6-7-20-16)9-17-12-4-5-13-15(8-12)21-10-18-13/h1-5,8,10,17H,6-7,9H2. The molecule has 4 nitrogen and oxygen atoms in total. The Kier molecular flexibility index (Phi) is 3.12. The molecule has 3 aromatic rings. The van der Waals surface area contributed by atoms with Crippen LogP contribution >= 0.6 is 11.3 Å². The lowest BCUT2D eigenvalue weighted by atomic mass is 10.1. The second kappa shape index (κ2) is 5.26. The van der Waals surface area contributed by atoms with Gasteiger partial charge in [-0.05, 0) is 24.3 Å². The van der Waals surface area contributed by atoms with Crippen LogP contribution < -0.4 is 14.8 Å². The van der Waals surface area contributed by atoms with E-state index in [2.05, 4.69) is 28.5 Å². The molecule has 2 aromatic carbocycles. The van der Waals surface area contributed by atoms with Gasteiger partial charge in [-0.1, -0.05) is 12.1 Å². The molecule has 0 spiro atoms. The van der Waals surface area contributed by atoms with E-state index in [1.54, 1.807) is 11.3 Å². The molecule has 0 bridgehead atoms. The fourth-order valence-electron chi connectivity index (χ4n) is 2.44. The van der Waals surface area contributed by atoms with Crippen LogP contribution in [0.2, 0.25) is 0 Å². The third-order valence-electron chi connectivity index (χ3n) is 3.46. The van der Waals surface area contributed by atoms with Gasteiger partial charge in [0.25, 0.3) is 0 Å². The van der Waals surface area contributed by atoms with Gasteiger partial charge in [-0.2, -0.15) is 0 Å². The lowest BCUT2D eigenvalue weighted by Crippen LogP contribution is -2.17. The van der Waals surface area contributed by atoms with Gasteiger partial charge in [0.1, 0.15) is 13.2 Å². The minimum atomic E-state index is 0.608. The first-order chi connectivity index (χ1) is 10.4. The molecule has 0 saturated carbocycles. The zero-order chi connectivity index (χ0) is 14.1. The molecule has 1 aliphatic heterocycles. The van der Waals surface area contributed by atoms with Crippen molar-refractivity contribution in [1.82, 2.24) is 4.98 Å². The van der Waals surface area contributed by atoms with E-state index in [1.807, 2.05) is 23.7 Å². The fraction of sp³-hybridized carbons (Fsp3) is 0.188. The molecule has 2 heterocycles. The molecular formula is C16H14N2O2S. The minimum Gasteiger partial charge on any atom is -0.486 e. The number of hydrogen-bond acceptors (Lipinski definition) is 5. The van der Waals surface area contributed by atoms with E-state index < -0.39 is 0 Å². The summed E-state index contributed by atoms with van der Waals surface area (Å²) in [5.41, 5.74) is 5.10. The summed E-state index contributed by atoms with van der Waals surface area (Å²) in [6.07, 6.45) is 0. The number of fused-ring (bicyclic) bond motifs is 2. The molecule has 0 radical (unpaired) electrons. The summed E-state index contributed by atoms with van der Waals surface area (Å²) in [7, 11) is 0. The van der Waals surface area contributed by atoms with Crippen LogP contribution in [-0.2, 0) is 6.54 Å². The van der Waals surface area contributed by atoms with Crippen molar-refractivity contribution in [3.05, 3.63) is 47.5 Å². The lowest BCUT2D eigenvalue weighted by Gasteiger charge is -2.21. The van der Waals surface area contributed by atoms with Crippen molar-refractivity contribution in [1.29, 1.82) is 0 Å². The van der Waals surface area contributed by atoms with Crippen LogP contribution in [0.4, 0.5) is 5.69 Å². The van der Waals surface area contributed by atoms with Crippen molar-refractivity contribution in [3.63, 3.8) is 0 Å². The van der Waals surface area contributed by atoms with Gasteiger partial charge in [-0.3, -0.25) is 0 Å². The SMILES string of the molecule is c1cc(CNc2ccc3ncsc3c2)c2c(c1)OCCO2. The lowest BCUT2D eigenvalue weighted by molar-refractivity contribution is 0.170. The van der Waals surface area contributed by atoms with Crippen molar-refractivity contribution >= 4 is 27.2 Å². The van der Waals surface area contributed by atoms with Gasteiger partial charge in [-0.15, -0.1) is 11.3 Å². The molecule has 0 fully saturated rings. The molecular weight excluding hydrogens is 284 g/mol. The summed E-state index contributed by atoms with van der Waals surface area (Å²) in [5, 5.41) is 3.44. The van der Waals surface area contributed by atoms with E-state index in [-0.39, 0.29) is 0 Å². The summed E-state index contributed by atoms with van der Waals surface area (Å²) in [6, 6.07) is 12.2. The molecule has 21 heavy (non-hydrogen) atoms. The van der Waals surface area contributed by atoms with Crippen LogP contribution in [0.25, 0.3) is 10.2 Å². The predicted octanol–water partition coefficient (Wildman–Crippen LogP) is 3.68. The van der Waals surface area contributed by atoms with E-state index in [1.165, 1.54) is 4.70 Å². The minimum absolute atomic E-state index is 0.608. The smallest absolute Gasteiger partial charge is 0.166 e. The van der Waals surface area contributed by atoms with Gasteiger partial charge in [-0.25, -0.2) is 4.98 Å². The third-order valence-corrected chi connectivity index (χ3v) is 4.25. The Morgan fingerprint density at radius 2 is 2.10 bits per heavy atom. The maximum Gasteiger partial charge on any atom is 0.166 e. The van der Waals surface area contributed by atoms with Crippen molar-refractivity contribution in [2.24, 2.45) is 0 Å². The third kappa shape index (κ3) is 2.40. The van der Waals surface area contributed by atoms with Crippen LogP contribution in [0.1, 0.15) is 5.56 Å². The Hall–Kier alpha value is -2.27. The van der Waals surface area contributed by atoms with Crippen molar-refractivity contribution in [3.8, 4) is 11.5 Å². The highest BCUT2D eigenvalue weighted by molar-refractivity contribution is 7.16. The number of anilines is 1. The number of rotatable bonds is 3. The second-order valence-corrected chi connectivity index (χ2v) is 5.72. The molecule has 0 saturated heterocycles. The van der Waals surface area contributed by atoms with Crippen molar-refractivity contribution in [2.75, 3.05) is 18.5 Å². The molecule has 0 unspecified atom stereocenters. The van der Waals surface area contributed by atoms with Gasteiger partial charge in [0.15, 0.2) is 11.5 Å². The van der Waals surface area contributed by atoms with Gasteiger partial charge < -0.3 is 14.8 Å². The molecule has 106 valence electrons. The summed E-state index contributed by atoms with van der Waals surface area (Å²) in [5.74, 6) is 1.69. The second-order valence-electron chi connectivity index (χ2n) is 4.83.